The van der Waals surface area contributed by atoms with E-state index in [1.165, 1.54) is 5.56 Å². The van der Waals surface area contributed by atoms with Crippen LogP contribution in [0.3, 0.4) is 0 Å². The van der Waals surface area contributed by atoms with Crippen molar-refractivity contribution in [1.82, 2.24) is 15.0 Å². The van der Waals surface area contributed by atoms with Crippen molar-refractivity contribution in [2.24, 2.45) is 11.8 Å². The molecule has 35 heavy (non-hydrogen) atoms. The zero-order valence-corrected chi connectivity index (χ0v) is 20.8. The Balaban J connectivity index is 1.14. The van der Waals surface area contributed by atoms with Crippen LogP contribution in [0.25, 0.3) is 11.4 Å². The van der Waals surface area contributed by atoms with Gasteiger partial charge in [-0.15, -0.1) is 0 Å². The number of rotatable bonds is 5. The Morgan fingerprint density at radius 1 is 1.09 bits per heavy atom. The number of nitrogens with zero attached hydrogens (tertiary/aromatic N) is 4. The molecule has 1 aromatic heterocycles. The third kappa shape index (κ3) is 5.10. The summed E-state index contributed by atoms with van der Waals surface area (Å²) in [6.07, 6.45) is 2.74. The maximum Gasteiger partial charge on any atom is 0.228 e. The molecule has 0 spiro atoms. The Kier molecular flexibility index (Phi) is 6.60. The zero-order valence-electron chi connectivity index (χ0n) is 20.0. The van der Waals surface area contributed by atoms with E-state index in [1.54, 1.807) is 17.0 Å². The van der Waals surface area contributed by atoms with Crippen molar-refractivity contribution >= 4 is 29.1 Å². The first-order valence-corrected chi connectivity index (χ1v) is 12.5. The Hall–Kier alpha value is -3.19. The number of hydrogen-bond acceptors (Lipinski definition) is 5. The number of amides is 2. The van der Waals surface area contributed by atoms with E-state index in [2.05, 4.69) is 17.1 Å². The van der Waals surface area contributed by atoms with Gasteiger partial charge in [0.05, 0.1) is 5.92 Å². The summed E-state index contributed by atoms with van der Waals surface area (Å²) >= 11 is 5.95. The summed E-state index contributed by atoms with van der Waals surface area (Å²) in [6, 6.07) is 13.4. The van der Waals surface area contributed by atoms with Crippen molar-refractivity contribution in [2.45, 2.75) is 39.5 Å². The second-order valence-electron chi connectivity index (χ2n) is 9.67. The summed E-state index contributed by atoms with van der Waals surface area (Å²) < 4.78 is 5.47. The molecule has 2 fully saturated rings. The van der Waals surface area contributed by atoms with Gasteiger partial charge in [0, 0.05) is 48.7 Å². The summed E-state index contributed by atoms with van der Waals surface area (Å²) in [5.74, 6) is 1.39. The van der Waals surface area contributed by atoms with E-state index in [4.69, 9.17) is 16.1 Å². The number of halogens is 1. The third-order valence-corrected chi connectivity index (χ3v) is 7.49. The molecule has 0 unspecified atom stereocenters. The molecule has 0 N–H and O–H groups in total. The van der Waals surface area contributed by atoms with Gasteiger partial charge in [0.1, 0.15) is 0 Å². The smallest absolute Gasteiger partial charge is 0.228 e. The lowest BCUT2D eigenvalue weighted by molar-refractivity contribution is -0.137. The van der Waals surface area contributed by atoms with Gasteiger partial charge in [-0.2, -0.15) is 4.98 Å². The SMILES string of the molecule is Cc1ccc(N2C[C@@H](C(=O)N3CCC(Cc4nc(-c5ccc(Cl)cc5)no4)CC3)CC2=O)cc1C. The molecule has 2 aromatic carbocycles. The fourth-order valence-electron chi connectivity index (χ4n) is 4.93. The van der Waals surface area contributed by atoms with Crippen molar-refractivity contribution in [2.75, 3.05) is 24.5 Å². The first-order valence-electron chi connectivity index (χ1n) is 12.1. The van der Waals surface area contributed by atoms with Crippen LogP contribution in [0.15, 0.2) is 47.0 Å². The molecular weight excluding hydrogens is 464 g/mol. The first-order chi connectivity index (χ1) is 16.9. The third-order valence-electron chi connectivity index (χ3n) is 7.24. The Labute approximate surface area is 210 Å². The van der Waals surface area contributed by atoms with E-state index in [1.807, 2.05) is 42.2 Å². The van der Waals surface area contributed by atoms with Gasteiger partial charge in [-0.3, -0.25) is 9.59 Å². The predicted molar refractivity (Wildman–Crippen MR) is 134 cm³/mol. The van der Waals surface area contributed by atoms with Crippen LogP contribution in [0.4, 0.5) is 5.69 Å². The molecule has 1 atom stereocenters. The normalized spacial score (nSPS) is 18.9. The van der Waals surface area contributed by atoms with E-state index >= 15 is 0 Å². The maximum atomic E-state index is 13.2. The average molecular weight is 493 g/mol. The van der Waals surface area contributed by atoms with Crippen LogP contribution < -0.4 is 4.90 Å². The summed E-state index contributed by atoms with van der Waals surface area (Å²) in [7, 11) is 0. The molecule has 8 heteroatoms. The van der Waals surface area contributed by atoms with Gasteiger partial charge in [-0.05, 0) is 80.1 Å². The number of anilines is 1. The summed E-state index contributed by atoms with van der Waals surface area (Å²) in [5, 5.41) is 4.76. The second kappa shape index (κ2) is 9.82. The van der Waals surface area contributed by atoms with Crippen LogP contribution in [-0.2, 0) is 16.0 Å². The quantitative estimate of drug-likeness (QED) is 0.509. The molecule has 182 valence electrons. The number of aromatic nitrogens is 2. The number of aryl methyl sites for hydroxylation is 2. The minimum Gasteiger partial charge on any atom is -0.342 e. The number of benzene rings is 2. The van der Waals surface area contributed by atoms with Crippen LogP contribution in [0.5, 0.6) is 0 Å². The minimum atomic E-state index is -0.279. The first kappa shape index (κ1) is 23.5. The molecular formula is C27H29ClN4O3. The summed E-state index contributed by atoms with van der Waals surface area (Å²) in [4.78, 5) is 34.1. The number of piperidine rings is 1. The molecule has 3 heterocycles. The summed E-state index contributed by atoms with van der Waals surface area (Å²) in [5.41, 5.74) is 4.08. The van der Waals surface area contributed by atoms with Gasteiger partial charge < -0.3 is 14.3 Å². The van der Waals surface area contributed by atoms with E-state index in [9.17, 15) is 9.59 Å². The molecule has 0 aliphatic carbocycles. The van der Waals surface area contributed by atoms with Gasteiger partial charge in [-0.25, -0.2) is 0 Å². The Morgan fingerprint density at radius 3 is 2.54 bits per heavy atom. The molecule has 2 aliphatic rings. The predicted octanol–water partition coefficient (Wildman–Crippen LogP) is 4.84. The van der Waals surface area contributed by atoms with Crippen molar-refractivity contribution < 1.29 is 14.1 Å². The molecule has 7 nitrogen and oxygen atoms in total. The van der Waals surface area contributed by atoms with Gasteiger partial charge in [-0.1, -0.05) is 22.8 Å². The van der Waals surface area contributed by atoms with Crippen LogP contribution >= 0.6 is 11.6 Å². The van der Waals surface area contributed by atoms with Crippen LogP contribution in [-0.4, -0.2) is 46.5 Å². The Bertz CT molecular complexity index is 1230. The zero-order chi connectivity index (χ0) is 24.5. The summed E-state index contributed by atoms with van der Waals surface area (Å²) in [6.45, 7) is 5.93. The van der Waals surface area contributed by atoms with Crippen molar-refractivity contribution in [3.05, 3.63) is 64.5 Å². The highest BCUT2D eigenvalue weighted by Crippen LogP contribution is 2.30. The lowest BCUT2D eigenvalue weighted by atomic mass is 9.92. The highest BCUT2D eigenvalue weighted by atomic mass is 35.5. The Morgan fingerprint density at radius 2 is 1.83 bits per heavy atom. The van der Waals surface area contributed by atoms with Gasteiger partial charge in [0.2, 0.25) is 23.5 Å². The number of likely N-dealkylation sites (tertiary alicyclic amines) is 1. The lowest BCUT2D eigenvalue weighted by Crippen LogP contribution is -2.42. The standard InChI is InChI=1S/C27H29ClN4O3/c1-17-3-8-23(13-18(17)2)32-16-21(15-25(32)33)27(34)31-11-9-19(10-12-31)14-24-29-26(30-35-24)20-4-6-22(28)7-5-20/h3-8,13,19,21H,9-12,14-16H2,1-2H3/t21-/m0/s1. The van der Waals surface area contributed by atoms with Crippen LogP contribution in [0.2, 0.25) is 5.02 Å². The highest BCUT2D eigenvalue weighted by molar-refractivity contribution is 6.30. The highest BCUT2D eigenvalue weighted by Gasteiger charge is 2.38. The van der Waals surface area contributed by atoms with Gasteiger partial charge in [0.25, 0.3) is 0 Å². The number of carbonyl (C=O) groups excluding carboxylic acids is 2. The number of carbonyl (C=O) groups is 2. The van der Waals surface area contributed by atoms with E-state index in [-0.39, 0.29) is 24.2 Å². The molecule has 5 rings (SSSR count). The fraction of sp³-hybridized carbons (Fsp3) is 0.407. The second-order valence-corrected chi connectivity index (χ2v) is 10.1. The fourth-order valence-corrected chi connectivity index (χ4v) is 5.06. The molecule has 0 bridgehead atoms. The van der Waals surface area contributed by atoms with Crippen LogP contribution in [0, 0.1) is 25.7 Å². The van der Waals surface area contributed by atoms with Crippen molar-refractivity contribution in [1.29, 1.82) is 0 Å². The molecule has 2 saturated heterocycles. The van der Waals surface area contributed by atoms with E-state index in [0.717, 1.165) is 29.7 Å². The van der Waals surface area contributed by atoms with Gasteiger partial charge >= 0.3 is 0 Å². The molecule has 0 radical (unpaired) electrons. The molecule has 3 aromatic rings. The largest absolute Gasteiger partial charge is 0.342 e. The lowest BCUT2D eigenvalue weighted by Gasteiger charge is -2.33. The minimum absolute atomic E-state index is 0.0226. The monoisotopic (exact) mass is 492 g/mol. The number of hydrogen-bond donors (Lipinski definition) is 0. The van der Waals surface area contributed by atoms with Crippen LogP contribution in [0.1, 0.15) is 36.3 Å². The van der Waals surface area contributed by atoms with E-state index in [0.29, 0.717) is 48.7 Å². The average Bonchev–Trinajstić information content (AvgIpc) is 3.48. The maximum absolute atomic E-state index is 13.2. The molecule has 2 amide bonds. The van der Waals surface area contributed by atoms with Crippen molar-refractivity contribution in [3.8, 4) is 11.4 Å². The van der Waals surface area contributed by atoms with E-state index < -0.39 is 0 Å². The van der Waals surface area contributed by atoms with Gasteiger partial charge in [0.15, 0.2) is 0 Å². The molecule has 2 aliphatic heterocycles. The molecule has 0 saturated carbocycles. The van der Waals surface area contributed by atoms with Crippen molar-refractivity contribution in [3.63, 3.8) is 0 Å². The topological polar surface area (TPSA) is 79.5 Å².